The summed E-state index contributed by atoms with van der Waals surface area (Å²) in [5.74, 6) is 0. The topological polar surface area (TPSA) is 0 Å². The van der Waals surface area contributed by atoms with Crippen LogP contribution in [0, 0.1) is 6.92 Å². The van der Waals surface area contributed by atoms with E-state index in [9.17, 15) is 4.39 Å². The molecule has 0 aliphatic carbocycles. The summed E-state index contributed by atoms with van der Waals surface area (Å²) in [5, 5.41) is 0. The van der Waals surface area contributed by atoms with Gasteiger partial charge in [0.05, 0.1) is 0 Å². The van der Waals surface area contributed by atoms with Crippen LogP contribution in [-0.4, -0.2) is 6.67 Å². The number of benzene rings is 1. The lowest BCUT2D eigenvalue weighted by atomic mass is 10.0. The Morgan fingerprint density at radius 2 is 2.06 bits per heavy atom. The number of halogens is 1. The van der Waals surface area contributed by atoms with Crippen LogP contribution >= 0.6 is 0 Å². The Morgan fingerprint density at radius 3 is 2.59 bits per heavy atom. The fourth-order valence-corrected chi connectivity index (χ4v) is 1.37. The minimum atomic E-state index is -0.444. The molecule has 1 rings (SSSR count). The maximum absolute atomic E-state index is 12.0. The number of hydrogen-bond donors (Lipinski definition) is 0. The van der Waals surface area contributed by atoms with Crippen LogP contribution in [0.5, 0.6) is 0 Å². The average molecular weight is 232 g/mol. The van der Waals surface area contributed by atoms with E-state index in [1.807, 2.05) is 45.0 Å². The van der Waals surface area contributed by atoms with E-state index in [2.05, 4.69) is 12.6 Å². The Kier molecular flexibility index (Phi) is 8.67. The quantitative estimate of drug-likeness (QED) is 0.632. The molecule has 0 spiro atoms. The lowest BCUT2D eigenvalue weighted by Crippen LogP contribution is -1.82. The molecule has 0 saturated heterocycles. The van der Waals surface area contributed by atoms with Crippen molar-refractivity contribution in [2.45, 2.75) is 20.8 Å². The van der Waals surface area contributed by atoms with E-state index in [1.54, 1.807) is 12.2 Å². The summed E-state index contributed by atoms with van der Waals surface area (Å²) in [5.41, 5.74) is 3.25. The van der Waals surface area contributed by atoms with Gasteiger partial charge in [0.2, 0.25) is 0 Å². The van der Waals surface area contributed by atoms with Gasteiger partial charge in [-0.25, -0.2) is 4.39 Å². The summed E-state index contributed by atoms with van der Waals surface area (Å²) in [6, 6.07) is 8.10. The molecule has 1 heteroatoms. The second-order valence-electron chi connectivity index (χ2n) is 3.28. The molecule has 0 heterocycles. The van der Waals surface area contributed by atoms with Crippen molar-refractivity contribution in [1.29, 1.82) is 0 Å². The zero-order valence-corrected chi connectivity index (χ0v) is 10.9. The summed E-state index contributed by atoms with van der Waals surface area (Å²) in [7, 11) is 0. The molecular formula is C16H21F. The average Bonchev–Trinajstić information content (AvgIpc) is 2.37. The van der Waals surface area contributed by atoms with E-state index in [0.717, 1.165) is 11.1 Å². The van der Waals surface area contributed by atoms with Gasteiger partial charge in [0, 0.05) is 0 Å². The second-order valence-corrected chi connectivity index (χ2v) is 3.28. The van der Waals surface area contributed by atoms with Crippen molar-refractivity contribution >= 4 is 5.57 Å². The van der Waals surface area contributed by atoms with E-state index in [1.165, 1.54) is 11.6 Å². The van der Waals surface area contributed by atoms with Crippen LogP contribution in [0.25, 0.3) is 5.57 Å². The molecule has 1 aromatic rings. The van der Waals surface area contributed by atoms with Gasteiger partial charge in [0.15, 0.2) is 0 Å². The van der Waals surface area contributed by atoms with Crippen LogP contribution in [0.4, 0.5) is 4.39 Å². The summed E-state index contributed by atoms with van der Waals surface area (Å²) in [6.07, 6.45) is 6.86. The number of rotatable bonds is 4. The Labute approximate surface area is 104 Å². The van der Waals surface area contributed by atoms with E-state index < -0.39 is 6.67 Å². The second kappa shape index (κ2) is 9.59. The fourth-order valence-electron chi connectivity index (χ4n) is 1.37. The molecule has 0 N–H and O–H groups in total. The van der Waals surface area contributed by atoms with Gasteiger partial charge in [0.1, 0.15) is 6.67 Å². The third kappa shape index (κ3) is 5.86. The third-order valence-electron chi connectivity index (χ3n) is 2.04. The zero-order chi connectivity index (χ0) is 13.1. The molecule has 0 nitrogen and oxygen atoms in total. The number of hydrogen-bond acceptors (Lipinski definition) is 0. The molecule has 0 aliphatic heterocycles. The van der Waals surface area contributed by atoms with Gasteiger partial charge in [-0.1, -0.05) is 74.6 Å². The summed E-state index contributed by atoms with van der Waals surface area (Å²) < 4.78 is 12.0. The van der Waals surface area contributed by atoms with Gasteiger partial charge in [-0.15, -0.1) is 0 Å². The van der Waals surface area contributed by atoms with Crippen LogP contribution in [0.1, 0.15) is 25.0 Å². The van der Waals surface area contributed by atoms with E-state index in [4.69, 9.17) is 0 Å². The highest BCUT2D eigenvalue weighted by molar-refractivity contribution is 5.75. The van der Waals surface area contributed by atoms with E-state index >= 15 is 0 Å². The van der Waals surface area contributed by atoms with Gasteiger partial charge >= 0.3 is 0 Å². The van der Waals surface area contributed by atoms with Gasteiger partial charge in [-0.3, -0.25) is 0 Å². The van der Waals surface area contributed by atoms with Gasteiger partial charge < -0.3 is 0 Å². The molecular weight excluding hydrogens is 211 g/mol. The maximum atomic E-state index is 12.0. The molecule has 0 fully saturated rings. The first-order chi connectivity index (χ1) is 8.27. The molecule has 0 aliphatic rings. The van der Waals surface area contributed by atoms with Crippen molar-refractivity contribution in [1.82, 2.24) is 0 Å². The fraction of sp³-hybridized carbons (Fsp3) is 0.250. The molecule has 0 aromatic heterocycles. The Hall–Kier alpha value is -1.63. The SMILES string of the molecule is C=C/C=C(\C=C/CF)c1cccc(C)c1.CC. The van der Waals surface area contributed by atoms with Crippen LogP contribution in [0.2, 0.25) is 0 Å². The standard InChI is InChI=1S/C14H15F.C2H6/c1-3-6-13(9-5-10-15)14-8-4-7-12(2)11-14;1-2/h3-9,11H,1,10H2,2H3;1-2H3/b9-5-,13-6+;. The molecule has 0 atom stereocenters. The number of alkyl halides is 1. The zero-order valence-electron chi connectivity index (χ0n) is 10.9. The van der Waals surface area contributed by atoms with Crippen molar-refractivity contribution in [2.24, 2.45) is 0 Å². The number of aryl methyl sites for hydroxylation is 1. The molecule has 0 saturated carbocycles. The smallest absolute Gasteiger partial charge is 0.108 e. The lowest BCUT2D eigenvalue weighted by Gasteiger charge is -2.02. The predicted octanol–water partition coefficient (Wildman–Crippen LogP) is 5.12. The number of allylic oxidation sites excluding steroid dienone is 5. The van der Waals surface area contributed by atoms with Crippen molar-refractivity contribution in [2.75, 3.05) is 6.67 Å². The first-order valence-corrected chi connectivity index (χ1v) is 5.90. The predicted molar refractivity (Wildman–Crippen MR) is 75.8 cm³/mol. The summed E-state index contributed by atoms with van der Waals surface area (Å²) in [4.78, 5) is 0. The van der Waals surface area contributed by atoms with Crippen molar-refractivity contribution in [3.8, 4) is 0 Å². The maximum Gasteiger partial charge on any atom is 0.108 e. The van der Waals surface area contributed by atoms with Crippen LogP contribution < -0.4 is 0 Å². The Morgan fingerprint density at radius 1 is 1.35 bits per heavy atom. The first-order valence-electron chi connectivity index (χ1n) is 5.90. The minimum absolute atomic E-state index is 0.444. The minimum Gasteiger partial charge on any atom is -0.247 e. The van der Waals surface area contributed by atoms with Crippen molar-refractivity contribution in [3.05, 3.63) is 66.3 Å². The summed E-state index contributed by atoms with van der Waals surface area (Å²) in [6.45, 7) is 9.24. The lowest BCUT2D eigenvalue weighted by molar-refractivity contribution is 0.562. The third-order valence-corrected chi connectivity index (χ3v) is 2.04. The van der Waals surface area contributed by atoms with Gasteiger partial charge in [-0.2, -0.15) is 0 Å². The van der Waals surface area contributed by atoms with Gasteiger partial charge in [-0.05, 0) is 18.1 Å². The van der Waals surface area contributed by atoms with Crippen LogP contribution in [0.3, 0.4) is 0 Å². The highest BCUT2D eigenvalue weighted by Gasteiger charge is 1.96. The van der Waals surface area contributed by atoms with E-state index in [-0.39, 0.29) is 0 Å². The first kappa shape index (κ1) is 15.4. The Bertz CT molecular complexity index is 386. The molecule has 0 amide bonds. The van der Waals surface area contributed by atoms with Gasteiger partial charge in [0.25, 0.3) is 0 Å². The molecule has 1 aromatic carbocycles. The Balaban J connectivity index is 0.00000121. The van der Waals surface area contributed by atoms with Crippen molar-refractivity contribution < 1.29 is 4.39 Å². The molecule has 92 valence electrons. The highest BCUT2D eigenvalue weighted by atomic mass is 19.1. The summed E-state index contributed by atoms with van der Waals surface area (Å²) >= 11 is 0. The van der Waals surface area contributed by atoms with Crippen LogP contribution in [0.15, 0.2) is 55.1 Å². The molecule has 17 heavy (non-hydrogen) atoms. The largest absolute Gasteiger partial charge is 0.247 e. The van der Waals surface area contributed by atoms with E-state index in [0.29, 0.717) is 0 Å². The highest BCUT2D eigenvalue weighted by Crippen LogP contribution is 2.17. The normalized spacial score (nSPS) is 10.9. The molecule has 0 unspecified atom stereocenters. The van der Waals surface area contributed by atoms with Crippen molar-refractivity contribution in [3.63, 3.8) is 0 Å². The monoisotopic (exact) mass is 232 g/mol. The molecule has 0 radical (unpaired) electrons. The van der Waals surface area contributed by atoms with Crippen LogP contribution in [-0.2, 0) is 0 Å². The molecule has 0 bridgehead atoms.